The van der Waals surface area contributed by atoms with Gasteiger partial charge in [0.2, 0.25) is 0 Å². The Hall–Kier alpha value is -2.37. The molecule has 2 atom stereocenters. The summed E-state index contributed by atoms with van der Waals surface area (Å²) in [6.45, 7) is 2.41. The van der Waals surface area contributed by atoms with Gasteiger partial charge in [-0.1, -0.05) is 38.3 Å². The van der Waals surface area contributed by atoms with Crippen LogP contribution in [0, 0.1) is 0 Å². The van der Waals surface area contributed by atoms with E-state index in [1.165, 1.54) is 4.90 Å². The number of imide groups is 1. The smallest absolute Gasteiger partial charge is 0.407 e. The van der Waals surface area contributed by atoms with Crippen molar-refractivity contribution in [3.63, 3.8) is 0 Å². The van der Waals surface area contributed by atoms with Crippen LogP contribution in [0.15, 0.2) is 24.3 Å². The molecule has 1 N–H and O–H groups in total. The van der Waals surface area contributed by atoms with Crippen LogP contribution in [0.4, 0.5) is 4.79 Å². The summed E-state index contributed by atoms with van der Waals surface area (Å²) >= 11 is 0. The van der Waals surface area contributed by atoms with E-state index in [0.717, 1.165) is 32.1 Å². The Balaban J connectivity index is 1.72. The standard InChI is InChI=1S/C19H24N2O4/c1-2-3-12-25-19(24)20-15-10-6-7-11-16(15)21-17(22)13-8-4-5-9-14(13)18(21)23/h4-5,8-9,15-16H,2-3,6-7,10-12H2,1H3,(H,20,24). The van der Waals surface area contributed by atoms with E-state index in [0.29, 0.717) is 24.2 Å². The van der Waals surface area contributed by atoms with Gasteiger partial charge in [0.1, 0.15) is 0 Å². The molecule has 6 nitrogen and oxygen atoms in total. The SMILES string of the molecule is CCCCOC(=O)NC1CCCCC1N1C(=O)c2ccccc2C1=O. The molecule has 134 valence electrons. The average molecular weight is 344 g/mol. The molecular formula is C19H24N2O4. The number of rotatable bonds is 5. The van der Waals surface area contributed by atoms with Crippen LogP contribution in [0.25, 0.3) is 0 Å². The molecule has 1 fully saturated rings. The molecule has 0 aromatic heterocycles. The summed E-state index contributed by atoms with van der Waals surface area (Å²) in [6, 6.07) is 6.30. The Morgan fingerprint density at radius 3 is 2.44 bits per heavy atom. The number of carbonyl (C=O) groups is 3. The zero-order valence-corrected chi connectivity index (χ0v) is 14.5. The molecule has 0 bridgehead atoms. The van der Waals surface area contributed by atoms with Crippen LogP contribution in [0.1, 0.15) is 66.2 Å². The summed E-state index contributed by atoms with van der Waals surface area (Å²) in [5.74, 6) is -0.530. The van der Waals surface area contributed by atoms with Crippen molar-refractivity contribution in [2.24, 2.45) is 0 Å². The first-order valence-corrected chi connectivity index (χ1v) is 9.03. The van der Waals surface area contributed by atoms with Crippen molar-refractivity contribution in [2.45, 2.75) is 57.5 Å². The fourth-order valence-corrected chi connectivity index (χ4v) is 3.60. The number of nitrogens with zero attached hydrogens (tertiary/aromatic N) is 1. The summed E-state index contributed by atoms with van der Waals surface area (Å²) in [7, 11) is 0. The summed E-state index contributed by atoms with van der Waals surface area (Å²) in [6.07, 6.45) is 4.63. The molecule has 1 aliphatic carbocycles. The number of fused-ring (bicyclic) bond motifs is 1. The van der Waals surface area contributed by atoms with Gasteiger partial charge in [0, 0.05) is 0 Å². The van der Waals surface area contributed by atoms with Crippen LogP contribution < -0.4 is 5.32 Å². The second-order valence-electron chi connectivity index (χ2n) is 6.62. The van der Waals surface area contributed by atoms with Gasteiger partial charge < -0.3 is 10.1 Å². The second kappa shape index (κ2) is 7.68. The molecule has 0 saturated heterocycles. The fourth-order valence-electron chi connectivity index (χ4n) is 3.60. The van der Waals surface area contributed by atoms with E-state index in [-0.39, 0.29) is 23.9 Å². The monoisotopic (exact) mass is 344 g/mol. The van der Waals surface area contributed by atoms with Gasteiger partial charge in [-0.05, 0) is 31.4 Å². The first-order chi connectivity index (χ1) is 12.1. The van der Waals surface area contributed by atoms with E-state index in [4.69, 9.17) is 4.74 Å². The van der Waals surface area contributed by atoms with Gasteiger partial charge in [-0.3, -0.25) is 14.5 Å². The minimum Gasteiger partial charge on any atom is -0.450 e. The normalized spacial score (nSPS) is 22.7. The maximum Gasteiger partial charge on any atom is 0.407 e. The molecule has 3 rings (SSSR count). The van der Waals surface area contributed by atoms with Crippen LogP contribution in [0.3, 0.4) is 0 Å². The summed E-state index contributed by atoms with van der Waals surface area (Å²) in [4.78, 5) is 38.8. The number of amides is 3. The van der Waals surface area contributed by atoms with Gasteiger partial charge in [0.05, 0.1) is 29.8 Å². The van der Waals surface area contributed by atoms with Gasteiger partial charge in [0.25, 0.3) is 11.8 Å². The summed E-state index contributed by atoms with van der Waals surface area (Å²) < 4.78 is 5.17. The number of hydrogen-bond donors (Lipinski definition) is 1. The van der Waals surface area contributed by atoms with Crippen molar-refractivity contribution in [3.05, 3.63) is 35.4 Å². The molecule has 2 aliphatic rings. The number of alkyl carbamates (subject to hydrolysis) is 1. The lowest BCUT2D eigenvalue weighted by Crippen LogP contribution is -2.55. The van der Waals surface area contributed by atoms with Gasteiger partial charge >= 0.3 is 6.09 Å². The largest absolute Gasteiger partial charge is 0.450 e. The van der Waals surface area contributed by atoms with Crippen molar-refractivity contribution in [1.82, 2.24) is 10.2 Å². The highest BCUT2D eigenvalue weighted by Crippen LogP contribution is 2.31. The first-order valence-electron chi connectivity index (χ1n) is 9.03. The maximum absolute atomic E-state index is 12.7. The van der Waals surface area contributed by atoms with E-state index >= 15 is 0 Å². The quantitative estimate of drug-likeness (QED) is 0.658. The molecule has 0 spiro atoms. The minimum atomic E-state index is -0.470. The highest BCUT2D eigenvalue weighted by Gasteiger charge is 2.43. The van der Waals surface area contributed by atoms with E-state index in [1.807, 2.05) is 6.92 Å². The van der Waals surface area contributed by atoms with Gasteiger partial charge in [-0.15, -0.1) is 0 Å². The van der Waals surface area contributed by atoms with Gasteiger partial charge in [-0.2, -0.15) is 0 Å². The van der Waals surface area contributed by atoms with E-state index < -0.39 is 6.09 Å². The number of ether oxygens (including phenoxy) is 1. The van der Waals surface area contributed by atoms with Crippen molar-refractivity contribution < 1.29 is 19.1 Å². The molecule has 1 heterocycles. The lowest BCUT2D eigenvalue weighted by molar-refractivity contribution is 0.0495. The molecule has 3 amide bonds. The third-order valence-corrected chi connectivity index (χ3v) is 4.92. The maximum atomic E-state index is 12.7. The molecule has 2 unspecified atom stereocenters. The van der Waals surface area contributed by atoms with Gasteiger partial charge in [-0.25, -0.2) is 4.79 Å². The van der Waals surface area contributed by atoms with Crippen LogP contribution in [-0.2, 0) is 4.74 Å². The van der Waals surface area contributed by atoms with E-state index in [1.54, 1.807) is 24.3 Å². The summed E-state index contributed by atoms with van der Waals surface area (Å²) in [5.41, 5.74) is 0.893. The lowest BCUT2D eigenvalue weighted by atomic mass is 9.89. The molecule has 1 aromatic carbocycles. The van der Waals surface area contributed by atoms with Gasteiger partial charge in [0.15, 0.2) is 0 Å². The Bertz CT molecular complexity index is 638. The number of nitrogens with one attached hydrogen (secondary N) is 1. The zero-order valence-electron chi connectivity index (χ0n) is 14.5. The molecule has 1 aromatic rings. The van der Waals surface area contributed by atoms with E-state index in [2.05, 4.69) is 5.32 Å². The van der Waals surface area contributed by atoms with Crippen molar-refractivity contribution in [2.75, 3.05) is 6.61 Å². The van der Waals surface area contributed by atoms with Crippen molar-refractivity contribution in [1.29, 1.82) is 0 Å². The Morgan fingerprint density at radius 2 is 1.80 bits per heavy atom. The fraction of sp³-hybridized carbons (Fsp3) is 0.526. The van der Waals surface area contributed by atoms with Crippen LogP contribution >= 0.6 is 0 Å². The Kier molecular flexibility index (Phi) is 5.36. The number of benzene rings is 1. The third-order valence-electron chi connectivity index (χ3n) is 4.92. The van der Waals surface area contributed by atoms with Crippen LogP contribution in [-0.4, -0.2) is 41.5 Å². The Labute approximate surface area is 147 Å². The van der Waals surface area contributed by atoms with Crippen LogP contribution in [0.5, 0.6) is 0 Å². The second-order valence-corrected chi connectivity index (χ2v) is 6.62. The third kappa shape index (κ3) is 3.52. The van der Waals surface area contributed by atoms with Crippen molar-refractivity contribution >= 4 is 17.9 Å². The minimum absolute atomic E-state index is 0.259. The zero-order chi connectivity index (χ0) is 17.8. The van der Waals surface area contributed by atoms with Crippen LogP contribution in [0.2, 0.25) is 0 Å². The molecule has 1 saturated carbocycles. The molecule has 6 heteroatoms. The molecule has 25 heavy (non-hydrogen) atoms. The number of carbonyl (C=O) groups excluding carboxylic acids is 3. The predicted molar refractivity (Wildman–Crippen MR) is 92.4 cm³/mol. The summed E-state index contributed by atoms with van der Waals surface area (Å²) in [5, 5.41) is 2.87. The highest BCUT2D eigenvalue weighted by atomic mass is 16.5. The number of hydrogen-bond acceptors (Lipinski definition) is 4. The Morgan fingerprint density at radius 1 is 1.16 bits per heavy atom. The predicted octanol–water partition coefficient (Wildman–Crippen LogP) is 3.12. The topological polar surface area (TPSA) is 75.7 Å². The molecule has 0 radical (unpaired) electrons. The molecular weight excluding hydrogens is 320 g/mol. The molecule has 1 aliphatic heterocycles. The lowest BCUT2D eigenvalue weighted by Gasteiger charge is -2.36. The highest BCUT2D eigenvalue weighted by molar-refractivity contribution is 6.21. The average Bonchev–Trinajstić information content (AvgIpc) is 2.87. The van der Waals surface area contributed by atoms with E-state index in [9.17, 15) is 14.4 Å². The first kappa shape index (κ1) is 17.5. The number of unbranched alkanes of at least 4 members (excludes halogenated alkanes) is 1. The van der Waals surface area contributed by atoms with Crippen molar-refractivity contribution in [3.8, 4) is 0 Å².